The molecule has 0 bridgehead atoms. The molecular weight excluding hydrogens is 428 g/mol. The van der Waals surface area contributed by atoms with Crippen molar-refractivity contribution in [1.29, 1.82) is 0 Å². The fourth-order valence-corrected chi connectivity index (χ4v) is 5.74. The molecule has 0 spiro atoms. The molecule has 1 aromatic rings. The SMILES string of the molecule is CCCC[C@H](CC)CNS(=O)(=O)c1cc(Br)cc2c1N(C(=O)C1CC1)CC2. The second-order valence-electron chi connectivity index (χ2n) is 7.69. The van der Waals surface area contributed by atoms with E-state index in [1.165, 1.54) is 0 Å². The maximum atomic E-state index is 13.1. The Kier molecular flexibility index (Phi) is 6.64. The van der Waals surface area contributed by atoms with Crippen LogP contribution in [0.4, 0.5) is 5.69 Å². The zero-order valence-corrected chi connectivity index (χ0v) is 18.5. The van der Waals surface area contributed by atoms with E-state index >= 15 is 0 Å². The summed E-state index contributed by atoms with van der Waals surface area (Å²) in [6.45, 7) is 5.25. The van der Waals surface area contributed by atoms with Crippen molar-refractivity contribution in [3.05, 3.63) is 22.2 Å². The van der Waals surface area contributed by atoms with E-state index in [4.69, 9.17) is 0 Å². The minimum Gasteiger partial charge on any atom is -0.310 e. The maximum absolute atomic E-state index is 13.1. The van der Waals surface area contributed by atoms with Gasteiger partial charge in [-0.25, -0.2) is 13.1 Å². The summed E-state index contributed by atoms with van der Waals surface area (Å²) in [4.78, 5) is 14.6. The number of carbonyl (C=O) groups excluding carboxylic acids is 1. The Hall–Kier alpha value is -0.920. The molecule has 150 valence electrons. The average molecular weight is 457 g/mol. The molecular formula is C20H29BrN2O3S. The highest BCUT2D eigenvalue weighted by Gasteiger charge is 2.39. The third-order valence-corrected chi connectivity index (χ3v) is 7.48. The Morgan fingerprint density at radius 3 is 2.70 bits per heavy atom. The van der Waals surface area contributed by atoms with E-state index in [1.54, 1.807) is 11.0 Å². The minimum atomic E-state index is -3.68. The summed E-state index contributed by atoms with van der Waals surface area (Å²) in [5.41, 5.74) is 1.51. The number of nitrogens with zero attached hydrogens (tertiary/aromatic N) is 1. The molecule has 0 unspecified atom stereocenters. The van der Waals surface area contributed by atoms with Crippen molar-refractivity contribution < 1.29 is 13.2 Å². The molecule has 1 saturated carbocycles. The number of nitrogens with one attached hydrogen (secondary N) is 1. The summed E-state index contributed by atoms with van der Waals surface area (Å²) in [6.07, 6.45) is 6.72. The third-order valence-electron chi connectivity index (χ3n) is 5.58. The van der Waals surface area contributed by atoms with Gasteiger partial charge in [0.05, 0.1) is 5.69 Å². The Balaban J connectivity index is 1.85. The van der Waals surface area contributed by atoms with Gasteiger partial charge in [0.15, 0.2) is 0 Å². The van der Waals surface area contributed by atoms with Crippen LogP contribution in [0.1, 0.15) is 57.9 Å². The Morgan fingerprint density at radius 1 is 1.33 bits per heavy atom. The van der Waals surface area contributed by atoms with Crippen LogP contribution in [0.5, 0.6) is 0 Å². The van der Waals surface area contributed by atoms with Gasteiger partial charge in [-0.15, -0.1) is 0 Å². The summed E-state index contributed by atoms with van der Waals surface area (Å²) < 4.78 is 29.8. The molecule has 0 radical (unpaired) electrons. The number of hydrogen-bond donors (Lipinski definition) is 1. The lowest BCUT2D eigenvalue weighted by Crippen LogP contribution is -2.34. The summed E-state index contributed by atoms with van der Waals surface area (Å²) in [7, 11) is -3.68. The van der Waals surface area contributed by atoms with Gasteiger partial charge in [0.25, 0.3) is 0 Å². The van der Waals surface area contributed by atoms with Gasteiger partial charge in [0.1, 0.15) is 4.90 Å². The lowest BCUT2D eigenvalue weighted by Gasteiger charge is -2.22. The molecule has 1 aromatic carbocycles. The van der Waals surface area contributed by atoms with E-state index in [-0.39, 0.29) is 16.7 Å². The molecule has 0 aromatic heterocycles. The minimum absolute atomic E-state index is 0.0709. The van der Waals surface area contributed by atoms with Gasteiger partial charge >= 0.3 is 0 Å². The molecule has 2 aliphatic rings. The fraction of sp³-hybridized carbons (Fsp3) is 0.650. The van der Waals surface area contributed by atoms with Crippen molar-refractivity contribution in [1.82, 2.24) is 4.72 Å². The Morgan fingerprint density at radius 2 is 2.07 bits per heavy atom. The van der Waals surface area contributed by atoms with Crippen molar-refractivity contribution in [2.75, 3.05) is 18.0 Å². The highest BCUT2D eigenvalue weighted by Crippen LogP contribution is 2.41. The monoisotopic (exact) mass is 456 g/mol. The second-order valence-corrected chi connectivity index (χ2v) is 10.3. The summed E-state index contributed by atoms with van der Waals surface area (Å²) in [5.74, 6) is 0.479. The molecule has 1 aliphatic carbocycles. The number of fused-ring (bicyclic) bond motifs is 1. The maximum Gasteiger partial charge on any atom is 0.242 e. The number of sulfonamides is 1. The van der Waals surface area contributed by atoms with E-state index < -0.39 is 10.0 Å². The van der Waals surface area contributed by atoms with Gasteiger partial charge in [-0.3, -0.25) is 4.79 Å². The summed E-state index contributed by atoms with van der Waals surface area (Å²) in [5, 5.41) is 0. The van der Waals surface area contributed by atoms with Gasteiger partial charge < -0.3 is 4.90 Å². The van der Waals surface area contributed by atoms with Gasteiger partial charge in [-0.1, -0.05) is 49.0 Å². The van der Waals surface area contributed by atoms with E-state index in [9.17, 15) is 13.2 Å². The van der Waals surface area contributed by atoms with Crippen LogP contribution in [0.15, 0.2) is 21.5 Å². The fourth-order valence-electron chi connectivity index (χ4n) is 3.69. The molecule has 3 rings (SSSR count). The molecule has 1 N–H and O–H groups in total. The number of rotatable bonds is 9. The highest BCUT2D eigenvalue weighted by atomic mass is 79.9. The Bertz CT molecular complexity index is 806. The quantitative estimate of drug-likeness (QED) is 0.603. The lowest BCUT2D eigenvalue weighted by molar-refractivity contribution is -0.119. The number of halogens is 1. The van der Waals surface area contributed by atoms with E-state index in [0.29, 0.717) is 31.1 Å². The van der Waals surface area contributed by atoms with Crippen molar-refractivity contribution in [3.8, 4) is 0 Å². The van der Waals surface area contributed by atoms with Gasteiger partial charge in [0, 0.05) is 23.5 Å². The molecule has 1 heterocycles. The number of hydrogen-bond acceptors (Lipinski definition) is 3. The predicted molar refractivity (Wildman–Crippen MR) is 111 cm³/mol. The molecule has 7 heteroatoms. The van der Waals surface area contributed by atoms with Crippen molar-refractivity contribution in [3.63, 3.8) is 0 Å². The van der Waals surface area contributed by atoms with Crippen LogP contribution in [0, 0.1) is 11.8 Å². The van der Waals surface area contributed by atoms with Crippen LogP contribution in [0.3, 0.4) is 0 Å². The smallest absolute Gasteiger partial charge is 0.242 e. The highest BCUT2D eigenvalue weighted by molar-refractivity contribution is 9.10. The first-order chi connectivity index (χ1) is 12.9. The van der Waals surface area contributed by atoms with Crippen LogP contribution in [-0.4, -0.2) is 27.4 Å². The van der Waals surface area contributed by atoms with E-state index in [1.807, 2.05) is 6.07 Å². The molecule has 0 saturated heterocycles. The standard InChI is InChI=1S/C20H29BrN2O3S/c1-3-5-6-14(4-2)13-22-27(25,26)18-12-17(21)11-16-9-10-23(19(16)18)20(24)15-7-8-15/h11-12,14-15,22H,3-10,13H2,1-2H3/t14-/m0/s1. The number of amides is 1. The van der Waals surface area contributed by atoms with Crippen molar-refractivity contribution in [2.24, 2.45) is 11.8 Å². The van der Waals surface area contributed by atoms with E-state index in [2.05, 4.69) is 34.5 Å². The molecule has 1 fully saturated rings. The number of unbranched alkanes of at least 4 members (excludes halogenated alkanes) is 1. The van der Waals surface area contributed by atoms with Crippen LogP contribution < -0.4 is 9.62 Å². The third kappa shape index (κ3) is 4.74. The topological polar surface area (TPSA) is 66.5 Å². The predicted octanol–water partition coefficient (Wildman–Crippen LogP) is 4.24. The van der Waals surface area contributed by atoms with Crippen LogP contribution in [0.25, 0.3) is 0 Å². The number of benzene rings is 1. The average Bonchev–Trinajstić information content (AvgIpc) is 3.40. The molecule has 5 nitrogen and oxygen atoms in total. The number of anilines is 1. The second kappa shape index (κ2) is 8.62. The first-order valence-corrected chi connectivity index (χ1v) is 12.3. The largest absolute Gasteiger partial charge is 0.310 e. The van der Waals surface area contributed by atoms with Gasteiger partial charge in [0.2, 0.25) is 15.9 Å². The molecule has 1 aliphatic heterocycles. The lowest BCUT2D eigenvalue weighted by atomic mass is 10.00. The van der Waals surface area contributed by atoms with Gasteiger partial charge in [-0.2, -0.15) is 0 Å². The summed E-state index contributed by atoms with van der Waals surface area (Å²) >= 11 is 3.44. The van der Waals surface area contributed by atoms with Crippen LogP contribution >= 0.6 is 15.9 Å². The number of carbonyl (C=O) groups is 1. The molecule has 1 atom stereocenters. The Labute approximate surface area is 171 Å². The zero-order valence-electron chi connectivity index (χ0n) is 16.1. The normalized spacial score (nSPS) is 17.8. The van der Waals surface area contributed by atoms with Crippen molar-refractivity contribution in [2.45, 2.75) is 63.7 Å². The van der Waals surface area contributed by atoms with Crippen LogP contribution in [-0.2, 0) is 21.2 Å². The zero-order chi connectivity index (χ0) is 19.6. The first kappa shape index (κ1) is 20.8. The van der Waals surface area contributed by atoms with Crippen molar-refractivity contribution >= 4 is 37.5 Å². The van der Waals surface area contributed by atoms with E-state index in [0.717, 1.165) is 48.6 Å². The first-order valence-electron chi connectivity index (χ1n) is 10.0. The molecule has 1 amide bonds. The molecule has 27 heavy (non-hydrogen) atoms. The van der Waals surface area contributed by atoms with Gasteiger partial charge in [-0.05, 0) is 49.3 Å². The summed E-state index contributed by atoms with van der Waals surface area (Å²) in [6, 6.07) is 3.57. The van der Waals surface area contributed by atoms with Crippen LogP contribution in [0.2, 0.25) is 0 Å².